The molecule has 1 fully saturated rings. The Bertz CT molecular complexity index is 873. The summed E-state index contributed by atoms with van der Waals surface area (Å²) in [4.78, 5) is 0.241. The summed E-state index contributed by atoms with van der Waals surface area (Å²) in [6, 6.07) is 31.1. The zero-order valence-corrected chi connectivity index (χ0v) is 18.7. The van der Waals surface area contributed by atoms with Crippen molar-refractivity contribution in [3.8, 4) is 0 Å². The van der Waals surface area contributed by atoms with Gasteiger partial charge in [0.15, 0.2) is 0 Å². The van der Waals surface area contributed by atoms with E-state index < -0.39 is 0 Å². The van der Waals surface area contributed by atoms with Crippen molar-refractivity contribution in [3.05, 3.63) is 102 Å². The summed E-state index contributed by atoms with van der Waals surface area (Å²) in [5.74, 6) is 0. The molecule has 156 valence electrons. The van der Waals surface area contributed by atoms with Gasteiger partial charge in [-0.25, -0.2) is 0 Å². The average molecular weight is 467 g/mol. The molecule has 3 aromatic rings. The maximum atomic E-state index is 10.6. The first-order valence-corrected chi connectivity index (χ1v) is 12.3. The molecule has 30 heavy (non-hydrogen) atoms. The predicted molar refractivity (Wildman–Crippen MR) is 121 cm³/mol. The van der Waals surface area contributed by atoms with E-state index in [2.05, 4.69) is 48.5 Å². The number of aliphatic hydroxyl groups excluding tert-OH is 1. The second kappa shape index (κ2) is 10.9. The molecule has 0 unspecified atom stereocenters. The fourth-order valence-electron chi connectivity index (χ4n) is 3.81. The van der Waals surface area contributed by atoms with Crippen LogP contribution in [0.1, 0.15) is 30.1 Å². The van der Waals surface area contributed by atoms with Crippen molar-refractivity contribution in [1.29, 1.82) is 0 Å². The summed E-state index contributed by atoms with van der Waals surface area (Å²) >= 11 is 0.195. The number of benzene rings is 3. The Morgan fingerprint density at radius 2 is 1.50 bits per heavy atom. The first kappa shape index (κ1) is 21.3. The molecule has 0 aliphatic carbocycles. The first-order valence-electron chi connectivity index (χ1n) is 10.5. The van der Waals surface area contributed by atoms with Gasteiger partial charge in [0.1, 0.15) is 0 Å². The van der Waals surface area contributed by atoms with Crippen LogP contribution in [-0.4, -0.2) is 38.9 Å². The van der Waals surface area contributed by atoms with E-state index in [1.807, 2.05) is 42.5 Å². The van der Waals surface area contributed by atoms with Gasteiger partial charge in [-0.1, -0.05) is 0 Å². The van der Waals surface area contributed by atoms with Crippen LogP contribution in [0.4, 0.5) is 0 Å². The first-order chi connectivity index (χ1) is 14.8. The quantitative estimate of drug-likeness (QED) is 0.502. The number of rotatable bonds is 8. The molecule has 4 heteroatoms. The van der Waals surface area contributed by atoms with Gasteiger partial charge in [0.05, 0.1) is 0 Å². The Morgan fingerprint density at radius 3 is 2.20 bits per heavy atom. The molecular formula is C26H28O3Se. The summed E-state index contributed by atoms with van der Waals surface area (Å²) < 4.78 is 14.0. The second-order valence-corrected chi connectivity index (χ2v) is 10.4. The summed E-state index contributed by atoms with van der Waals surface area (Å²) in [7, 11) is 0. The fourth-order valence-corrected chi connectivity index (χ4v) is 6.24. The summed E-state index contributed by atoms with van der Waals surface area (Å²) in [5.41, 5.74) is 2.31. The summed E-state index contributed by atoms with van der Waals surface area (Å²) in [5, 5.41) is 10.6. The van der Waals surface area contributed by atoms with E-state index in [1.165, 1.54) is 10.0 Å². The minimum atomic E-state index is -0.350. The normalized spacial score (nSPS) is 22.5. The van der Waals surface area contributed by atoms with Crippen molar-refractivity contribution in [2.24, 2.45) is 0 Å². The Morgan fingerprint density at radius 1 is 0.867 bits per heavy atom. The van der Waals surface area contributed by atoms with Crippen LogP contribution < -0.4 is 4.46 Å². The number of hydrogen-bond donors (Lipinski definition) is 1. The number of aliphatic hydroxyl groups is 1. The van der Waals surface area contributed by atoms with Crippen LogP contribution in [0.2, 0.25) is 4.82 Å². The molecule has 1 heterocycles. The van der Waals surface area contributed by atoms with Crippen molar-refractivity contribution in [3.63, 3.8) is 0 Å². The molecule has 1 aliphatic heterocycles. The van der Waals surface area contributed by atoms with Crippen LogP contribution in [0.5, 0.6) is 0 Å². The van der Waals surface area contributed by atoms with Crippen molar-refractivity contribution in [2.45, 2.75) is 42.6 Å². The van der Waals surface area contributed by atoms with E-state index in [1.54, 1.807) is 0 Å². The third-order valence-corrected chi connectivity index (χ3v) is 8.04. The molecule has 0 aromatic heterocycles. The monoisotopic (exact) mass is 468 g/mol. The molecule has 1 aliphatic rings. The maximum absolute atomic E-state index is 10.6. The molecule has 0 radical (unpaired) electrons. The predicted octanol–water partition coefficient (Wildman–Crippen LogP) is 4.30. The average Bonchev–Trinajstić information content (AvgIpc) is 2.80. The molecule has 0 bridgehead atoms. The molecule has 1 saturated heterocycles. The zero-order valence-electron chi connectivity index (χ0n) is 17.0. The molecule has 0 amide bonds. The fraction of sp³-hybridized carbons (Fsp3) is 0.308. The Kier molecular flexibility index (Phi) is 7.74. The van der Waals surface area contributed by atoms with Gasteiger partial charge in [-0.3, -0.25) is 0 Å². The van der Waals surface area contributed by atoms with E-state index in [4.69, 9.17) is 9.47 Å². The van der Waals surface area contributed by atoms with Gasteiger partial charge in [0, 0.05) is 0 Å². The topological polar surface area (TPSA) is 38.7 Å². The van der Waals surface area contributed by atoms with E-state index >= 15 is 0 Å². The van der Waals surface area contributed by atoms with Crippen molar-refractivity contribution < 1.29 is 14.6 Å². The SMILES string of the molecule is O[C@H]1C[C@@H]([C@H](COCc2ccccc2)[Se]c2ccccc2)O[C@@H](c2ccccc2)C1. The van der Waals surface area contributed by atoms with Gasteiger partial charge >= 0.3 is 185 Å². The van der Waals surface area contributed by atoms with Gasteiger partial charge < -0.3 is 0 Å². The third-order valence-electron chi connectivity index (χ3n) is 5.34. The van der Waals surface area contributed by atoms with Crippen LogP contribution >= 0.6 is 0 Å². The van der Waals surface area contributed by atoms with Gasteiger partial charge in [-0.2, -0.15) is 0 Å². The molecule has 0 saturated carbocycles. The zero-order chi connectivity index (χ0) is 20.6. The van der Waals surface area contributed by atoms with Gasteiger partial charge in [0.25, 0.3) is 0 Å². The molecular weight excluding hydrogens is 439 g/mol. The Balaban J connectivity index is 1.47. The van der Waals surface area contributed by atoms with Crippen molar-refractivity contribution in [2.75, 3.05) is 6.61 Å². The second-order valence-electron chi connectivity index (χ2n) is 7.67. The van der Waals surface area contributed by atoms with E-state index in [0.29, 0.717) is 26.1 Å². The van der Waals surface area contributed by atoms with Gasteiger partial charge in [-0.15, -0.1) is 0 Å². The van der Waals surface area contributed by atoms with E-state index in [0.717, 1.165) is 5.56 Å². The molecule has 3 nitrogen and oxygen atoms in total. The van der Waals surface area contributed by atoms with Crippen molar-refractivity contribution in [1.82, 2.24) is 0 Å². The molecule has 0 spiro atoms. The van der Waals surface area contributed by atoms with Gasteiger partial charge in [-0.05, 0) is 0 Å². The van der Waals surface area contributed by atoms with Crippen LogP contribution in [-0.2, 0) is 16.1 Å². The molecule has 4 rings (SSSR count). The molecule has 4 atom stereocenters. The third kappa shape index (κ3) is 6.04. The van der Waals surface area contributed by atoms with Crippen LogP contribution in [0.15, 0.2) is 91.0 Å². The van der Waals surface area contributed by atoms with Crippen molar-refractivity contribution >= 4 is 19.4 Å². The summed E-state index contributed by atoms with van der Waals surface area (Å²) in [6.45, 7) is 1.22. The summed E-state index contributed by atoms with van der Waals surface area (Å²) in [6.07, 6.45) is 0.878. The number of hydrogen-bond acceptors (Lipinski definition) is 3. The van der Waals surface area contributed by atoms with Crippen LogP contribution in [0.3, 0.4) is 0 Å². The van der Waals surface area contributed by atoms with Crippen LogP contribution in [0, 0.1) is 0 Å². The Labute approximate surface area is 185 Å². The molecule has 1 N–H and O–H groups in total. The Hall–Kier alpha value is -1.94. The van der Waals surface area contributed by atoms with E-state index in [-0.39, 0.29) is 38.1 Å². The standard InChI is InChI=1S/C26H28O3Se/c27-22-16-24(21-12-6-2-7-13-21)29-25(17-22)26(30-23-14-8-3-9-15-23)19-28-18-20-10-4-1-5-11-20/h1-15,22,24-27H,16-19H2/t22-,24-,25+,26+/m1/s1. The van der Waals surface area contributed by atoms with Gasteiger partial charge in [0.2, 0.25) is 0 Å². The van der Waals surface area contributed by atoms with E-state index in [9.17, 15) is 5.11 Å². The minimum absolute atomic E-state index is 0.0186. The van der Waals surface area contributed by atoms with Crippen LogP contribution in [0.25, 0.3) is 0 Å². The molecule has 3 aromatic carbocycles. The number of ether oxygens (including phenoxy) is 2.